The van der Waals surface area contributed by atoms with Crippen LogP contribution in [0.5, 0.6) is 0 Å². The maximum atomic E-state index is 13.7. The molecule has 0 atom stereocenters. The number of aromatic nitrogens is 1. The third-order valence-corrected chi connectivity index (χ3v) is 3.12. The normalized spacial score (nSPS) is 10.7. The molecule has 20 heavy (non-hydrogen) atoms. The fourth-order valence-electron chi connectivity index (χ4n) is 2.17. The number of hydrogen-bond donors (Lipinski definition) is 0. The Bertz CT molecular complexity index is 789. The van der Waals surface area contributed by atoms with E-state index in [-0.39, 0.29) is 5.56 Å². The van der Waals surface area contributed by atoms with Crippen LogP contribution in [0.3, 0.4) is 0 Å². The Kier molecular flexibility index (Phi) is 2.99. The van der Waals surface area contributed by atoms with Crippen LogP contribution in [0.15, 0.2) is 54.9 Å². The second-order valence-corrected chi connectivity index (χ2v) is 4.33. The lowest BCUT2D eigenvalue weighted by molar-refractivity contribution is 0.103. The fourth-order valence-corrected chi connectivity index (χ4v) is 2.17. The summed E-state index contributed by atoms with van der Waals surface area (Å²) in [5.74, 6) is -2.39. The highest BCUT2D eigenvalue weighted by atomic mass is 19.1. The first-order chi connectivity index (χ1) is 9.68. The lowest BCUT2D eigenvalue weighted by Gasteiger charge is -2.07. The molecule has 1 heterocycles. The standard InChI is InChI=1S/C16H9F2NO/c17-13-5-2-6-14(18)15(13)16(20)12-4-1-3-10-9-19-8-7-11(10)12/h1-9H. The van der Waals surface area contributed by atoms with Gasteiger partial charge < -0.3 is 0 Å². The number of rotatable bonds is 2. The first-order valence-corrected chi connectivity index (χ1v) is 6.00. The minimum Gasteiger partial charge on any atom is -0.288 e. The summed E-state index contributed by atoms with van der Waals surface area (Å²) in [6, 6.07) is 10.0. The number of fused-ring (bicyclic) bond motifs is 1. The summed E-state index contributed by atoms with van der Waals surface area (Å²) < 4.78 is 27.4. The van der Waals surface area contributed by atoms with Gasteiger partial charge in [-0.05, 0) is 23.6 Å². The lowest BCUT2D eigenvalue weighted by atomic mass is 9.97. The number of carbonyl (C=O) groups is 1. The highest BCUT2D eigenvalue weighted by molar-refractivity contribution is 6.16. The first kappa shape index (κ1) is 12.4. The van der Waals surface area contributed by atoms with Crippen molar-refractivity contribution in [2.75, 3.05) is 0 Å². The number of pyridine rings is 1. The molecule has 1 aromatic heterocycles. The molecule has 0 radical (unpaired) electrons. The predicted molar refractivity (Wildman–Crippen MR) is 71.5 cm³/mol. The van der Waals surface area contributed by atoms with Crippen molar-refractivity contribution >= 4 is 16.6 Å². The Morgan fingerprint density at radius 2 is 1.65 bits per heavy atom. The molecule has 4 heteroatoms. The highest BCUT2D eigenvalue weighted by Gasteiger charge is 2.20. The lowest BCUT2D eigenvalue weighted by Crippen LogP contribution is -2.08. The van der Waals surface area contributed by atoms with E-state index >= 15 is 0 Å². The van der Waals surface area contributed by atoms with Crippen LogP contribution in [0.2, 0.25) is 0 Å². The molecule has 0 aliphatic rings. The van der Waals surface area contributed by atoms with Gasteiger partial charge in [0, 0.05) is 23.3 Å². The Morgan fingerprint density at radius 1 is 0.950 bits per heavy atom. The summed E-state index contributed by atoms with van der Waals surface area (Å²) in [6.45, 7) is 0. The van der Waals surface area contributed by atoms with Crippen LogP contribution in [0, 0.1) is 11.6 Å². The summed E-state index contributed by atoms with van der Waals surface area (Å²) in [7, 11) is 0. The van der Waals surface area contributed by atoms with E-state index in [1.807, 2.05) is 0 Å². The second-order valence-electron chi connectivity index (χ2n) is 4.33. The number of carbonyl (C=O) groups excluding carboxylic acids is 1. The maximum absolute atomic E-state index is 13.7. The number of nitrogens with zero attached hydrogens (tertiary/aromatic N) is 1. The van der Waals surface area contributed by atoms with Gasteiger partial charge in [0.2, 0.25) is 0 Å². The van der Waals surface area contributed by atoms with E-state index in [9.17, 15) is 13.6 Å². The van der Waals surface area contributed by atoms with Gasteiger partial charge in [-0.1, -0.05) is 24.3 Å². The first-order valence-electron chi connectivity index (χ1n) is 6.00. The van der Waals surface area contributed by atoms with Crippen LogP contribution in [0.1, 0.15) is 15.9 Å². The van der Waals surface area contributed by atoms with Gasteiger partial charge in [0.15, 0.2) is 5.78 Å². The average molecular weight is 269 g/mol. The highest BCUT2D eigenvalue weighted by Crippen LogP contribution is 2.23. The smallest absolute Gasteiger partial charge is 0.199 e. The molecule has 0 spiro atoms. The molecule has 0 aliphatic carbocycles. The van der Waals surface area contributed by atoms with E-state index < -0.39 is 23.0 Å². The molecular weight excluding hydrogens is 260 g/mol. The summed E-state index contributed by atoms with van der Waals surface area (Å²) >= 11 is 0. The molecule has 0 aliphatic heterocycles. The third-order valence-electron chi connectivity index (χ3n) is 3.12. The van der Waals surface area contributed by atoms with Crippen molar-refractivity contribution in [2.45, 2.75) is 0 Å². The van der Waals surface area contributed by atoms with Gasteiger partial charge in [-0.25, -0.2) is 8.78 Å². The quantitative estimate of drug-likeness (QED) is 0.663. The van der Waals surface area contributed by atoms with Crippen molar-refractivity contribution in [2.24, 2.45) is 0 Å². The molecule has 0 saturated heterocycles. The third kappa shape index (κ3) is 1.95. The molecule has 0 saturated carbocycles. The monoisotopic (exact) mass is 269 g/mol. The van der Waals surface area contributed by atoms with Gasteiger partial charge >= 0.3 is 0 Å². The van der Waals surface area contributed by atoms with Crippen LogP contribution in [-0.2, 0) is 0 Å². The van der Waals surface area contributed by atoms with Gasteiger partial charge in [-0.3, -0.25) is 9.78 Å². The predicted octanol–water partition coefficient (Wildman–Crippen LogP) is 3.74. The largest absolute Gasteiger partial charge is 0.288 e. The summed E-state index contributed by atoms with van der Waals surface area (Å²) in [5, 5.41) is 1.37. The molecule has 0 amide bonds. The number of hydrogen-bond acceptors (Lipinski definition) is 2. The van der Waals surface area contributed by atoms with Crippen LogP contribution < -0.4 is 0 Å². The van der Waals surface area contributed by atoms with Gasteiger partial charge in [-0.2, -0.15) is 0 Å². The molecule has 0 unspecified atom stereocenters. The van der Waals surface area contributed by atoms with E-state index in [2.05, 4.69) is 4.98 Å². The maximum Gasteiger partial charge on any atom is 0.199 e. The fraction of sp³-hybridized carbons (Fsp3) is 0. The minimum atomic E-state index is -0.860. The molecule has 0 fully saturated rings. The zero-order chi connectivity index (χ0) is 14.1. The zero-order valence-corrected chi connectivity index (χ0v) is 10.3. The Hall–Kier alpha value is -2.62. The minimum absolute atomic E-state index is 0.258. The van der Waals surface area contributed by atoms with Crippen LogP contribution in [0.4, 0.5) is 8.78 Å². The van der Waals surface area contributed by atoms with E-state index in [1.54, 1.807) is 30.5 Å². The number of halogens is 2. The molecule has 98 valence electrons. The second kappa shape index (κ2) is 4.81. The SMILES string of the molecule is O=C(c1c(F)cccc1F)c1cccc2cnccc12. The van der Waals surface area contributed by atoms with Crippen molar-refractivity contribution in [1.82, 2.24) is 4.98 Å². The Labute approximate surface area is 113 Å². The summed E-state index contributed by atoms with van der Waals surface area (Å²) in [5.41, 5.74) is -0.272. The van der Waals surface area contributed by atoms with Crippen LogP contribution in [-0.4, -0.2) is 10.8 Å². The number of benzene rings is 2. The molecule has 3 aromatic rings. The van der Waals surface area contributed by atoms with Gasteiger partial charge in [-0.15, -0.1) is 0 Å². The number of ketones is 1. The zero-order valence-electron chi connectivity index (χ0n) is 10.3. The topological polar surface area (TPSA) is 30.0 Å². The van der Waals surface area contributed by atoms with E-state index in [0.717, 1.165) is 17.5 Å². The summed E-state index contributed by atoms with van der Waals surface area (Å²) in [6.07, 6.45) is 3.14. The van der Waals surface area contributed by atoms with Crippen LogP contribution >= 0.6 is 0 Å². The molecular formula is C16H9F2NO. The van der Waals surface area contributed by atoms with Gasteiger partial charge in [0.1, 0.15) is 11.6 Å². The van der Waals surface area contributed by atoms with Crippen molar-refractivity contribution < 1.29 is 13.6 Å². The van der Waals surface area contributed by atoms with Gasteiger partial charge in [0.25, 0.3) is 0 Å². The summed E-state index contributed by atoms with van der Waals surface area (Å²) in [4.78, 5) is 16.4. The van der Waals surface area contributed by atoms with Crippen molar-refractivity contribution in [1.29, 1.82) is 0 Å². The average Bonchev–Trinajstić information content (AvgIpc) is 2.46. The van der Waals surface area contributed by atoms with Crippen molar-refractivity contribution in [3.63, 3.8) is 0 Å². The molecule has 0 N–H and O–H groups in total. The molecule has 2 nitrogen and oxygen atoms in total. The van der Waals surface area contributed by atoms with E-state index in [1.165, 1.54) is 12.3 Å². The van der Waals surface area contributed by atoms with Crippen molar-refractivity contribution in [3.8, 4) is 0 Å². The molecule has 3 rings (SSSR count). The Morgan fingerprint density at radius 3 is 2.40 bits per heavy atom. The molecule has 0 bridgehead atoms. The van der Waals surface area contributed by atoms with Crippen molar-refractivity contribution in [3.05, 3.63) is 77.6 Å². The van der Waals surface area contributed by atoms with E-state index in [0.29, 0.717) is 5.39 Å². The van der Waals surface area contributed by atoms with E-state index in [4.69, 9.17) is 0 Å². The van der Waals surface area contributed by atoms with Crippen LogP contribution in [0.25, 0.3) is 10.8 Å². The Balaban J connectivity index is 2.24. The molecule has 2 aromatic carbocycles. The van der Waals surface area contributed by atoms with Gasteiger partial charge in [0.05, 0.1) is 5.56 Å².